The summed E-state index contributed by atoms with van der Waals surface area (Å²) in [5.74, 6) is 0.0204. The molecule has 0 saturated carbocycles. The maximum absolute atomic E-state index is 13.1. The fourth-order valence-corrected chi connectivity index (χ4v) is 5.49. The molecule has 164 valence electrons. The van der Waals surface area contributed by atoms with Gasteiger partial charge >= 0.3 is 0 Å². The van der Waals surface area contributed by atoms with Gasteiger partial charge in [-0.2, -0.15) is 0 Å². The molecular formula is C26H27N3O2S. The van der Waals surface area contributed by atoms with E-state index in [0.29, 0.717) is 19.6 Å². The quantitative estimate of drug-likeness (QED) is 0.652. The second-order valence-corrected chi connectivity index (χ2v) is 9.48. The van der Waals surface area contributed by atoms with Crippen LogP contribution < -0.4 is 5.32 Å². The molecule has 2 amide bonds. The molecular weight excluding hydrogens is 418 g/mol. The van der Waals surface area contributed by atoms with Gasteiger partial charge in [-0.05, 0) is 40.1 Å². The van der Waals surface area contributed by atoms with Gasteiger partial charge in [0.05, 0.1) is 12.5 Å². The van der Waals surface area contributed by atoms with Crippen molar-refractivity contribution < 1.29 is 9.59 Å². The van der Waals surface area contributed by atoms with Gasteiger partial charge in [0.2, 0.25) is 11.8 Å². The Morgan fingerprint density at radius 2 is 1.78 bits per heavy atom. The Kier molecular flexibility index (Phi) is 6.06. The zero-order valence-corrected chi connectivity index (χ0v) is 18.8. The van der Waals surface area contributed by atoms with E-state index in [2.05, 4.69) is 58.1 Å². The molecule has 1 atom stereocenters. The first-order chi connectivity index (χ1) is 15.7. The number of hydrogen-bond acceptors (Lipinski definition) is 4. The van der Waals surface area contributed by atoms with Crippen molar-refractivity contribution in [3.05, 3.63) is 82.0 Å². The summed E-state index contributed by atoms with van der Waals surface area (Å²) < 4.78 is 0. The number of amides is 2. The van der Waals surface area contributed by atoms with E-state index in [1.165, 1.54) is 21.6 Å². The Morgan fingerprint density at radius 3 is 2.59 bits per heavy atom. The largest absolute Gasteiger partial charge is 0.353 e. The first-order valence-electron chi connectivity index (χ1n) is 11.2. The molecule has 1 saturated heterocycles. The van der Waals surface area contributed by atoms with Crippen molar-refractivity contribution in [2.75, 3.05) is 19.6 Å². The Balaban J connectivity index is 1.26. The van der Waals surface area contributed by atoms with E-state index in [9.17, 15) is 9.59 Å². The number of nitrogens with one attached hydrogen (secondary N) is 1. The van der Waals surface area contributed by atoms with Gasteiger partial charge in [-0.15, -0.1) is 11.3 Å². The van der Waals surface area contributed by atoms with E-state index >= 15 is 0 Å². The fraction of sp³-hybridized carbons (Fsp3) is 0.308. The number of piperazine rings is 1. The monoisotopic (exact) mass is 445 g/mol. The van der Waals surface area contributed by atoms with Crippen LogP contribution in [0.5, 0.6) is 0 Å². The van der Waals surface area contributed by atoms with E-state index in [1.54, 1.807) is 11.3 Å². The third-order valence-corrected chi connectivity index (χ3v) is 7.44. The summed E-state index contributed by atoms with van der Waals surface area (Å²) in [6, 6.07) is 20.5. The number of carbonyl (C=O) groups excluding carboxylic acids is 2. The van der Waals surface area contributed by atoms with Crippen molar-refractivity contribution in [1.82, 2.24) is 15.1 Å². The van der Waals surface area contributed by atoms with E-state index < -0.39 is 6.04 Å². The molecule has 32 heavy (non-hydrogen) atoms. The van der Waals surface area contributed by atoms with Crippen LogP contribution in [-0.2, 0) is 29.1 Å². The van der Waals surface area contributed by atoms with Crippen LogP contribution in [0.2, 0.25) is 0 Å². The van der Waals surface area contributed by atoms with E-state index in [4.69, 9.17) is 0 Å². The van der Waals surface area contributed by atoms with Crippen molar-refractivity contribution in [2.45, 2.75) is 32.0 Å². The molecule has 0 radical (unpaired) electrons. The molecule has 2 aromatic carbocycles. The van der Waals surface area contributed by atoms with Crippen LogP contribution >= 0.6 is 11.3 Å². The lowest BCUT2D eigenvalue weighted by Crippen LogP contribution is -2.56. The highest BCUT2D eigenvalue weighted by Crippen LogP contribution is 2.25. The molecule has 0 bridgehead atoms. The molecule has 2 aliphatic rings. The smallest absolute Gasteiger partial charge is 0.237 e. The number of carbonyl (C=O) groups is 2. The Labute approximate surface area is 192 Å². The highest BCUT2D eigenvalue weighted by atomic mass is 32.1. The topological polar surface area (TPSA) is 52.7 Å². The number of rotatable bonds is 5. The Morgan fingerprint density at radius 1 is 1.00 bits per heavy atom. The lowest BCUT2D eigenvalue weighted by Gasteiger charge is -2.36. The van der Waals surface area contributed by atoms with Gasteiger partial charge in [0.15, 0.2) is 0 Å². The molecule has 6 heteroatoms. The fourth-order valence-electron chi connectivity index (χ4n) is 4.60. The predicted octanol–water partition coefficient (Wildman–Crippen LogP) is 3.69. The third-order valence-electron chi connectivity index (χ3n) is 6.42. The number of hydrogen-bond donors (Lipinski definition) is 1. The molecule has 1 fully saturated rings. The average molecular weight is 446 g/mol. The molecule has 5 rings (SSSR count). The van der Waals surface area contributed by atoms with Crippen molar-refractivity contribution in [3.8, 4) is 11.1 Å². The highest BCUT2D eigenvalue weighted by Gasteiger charge is 2.33. The molecule has 1 unspecified atom stereocenters. The Hall–Kier alpha value is -2.96. The van der Waals surface area contributed by atoms with Gasteiger partial charge in [-0.1, -0.05) is 54.6 Å². The maximum Gasteiger partial charge on any atom is 0.237 e. The average Bonchev–Trinajstić information content (AvgIpc) is 3.30. The minimum atomic E-state index is -0.422. The van der Waals surface area contributed by atoms with Crippen molar-refractivity contribution in [1.29, 1.82) is 0 Å². The molecule has 0 aliphatic carbocycles. The van der Waals surface area contributed by atoms with Gasteiger partial charge in [0, 0.05) is 37.6 Å². The third kappa shape index (κ3) is 4.47. The molecule has 3 aromatic rings. The number of nitrogens with zero attached hydrogens (tertiary/aromatic N) is 2. The van der Waals surface area contributed by atoms with Crippen LogP contribution in [-0.4, -0.2) is 47.3 Å². The lowest BCUT2D eigenvalue weighted by atomic mass is 10.0. The number of fused-ring (bicyclic) bond motifs is 1. The standard InChI is InChI=1S/C26H27N3O2S/c30-25(29-13-10-24-22(18-29)11-15-32-24)16-23-26(31)27-12-14-28(23)17-19-6-8-21(9-7-19)20-4-2-1-3-5-20/h1-9,11,15,23H,10,12-14,16-18H2,(H,27,31). The SMILES string of the molecule is O=C1NCCN(Cc2ccc(-c3ccccc3)cc2)C1CC(=O)N1CCc2sccc2C1. The van der Waals surface area contributed by atoms with Crippen molar-refractivity contribution >= 4 is 23.2 Å². The van der Waals surface area contributed by atoms with Crippen molar-refractivity contribution in [3.63, 3.8) is 0 Å². The van der Waals surface area contributed by atoms with Gasteiger partial charge < -0.3 is 10.2 Å². The summed E-state index contributed by atoms with van der Waals surface area (Å²) in [6.45, 7) is 3.43. The van der Waals surface area contributed by atoms with Gasteiger partial charge in [-0.25, -0.2) is 0 Å². The molecule has 3 heterocycles. The lowest BCUT2D eigenvalue weighted by molar-refractivity contribution is -0.139. The summed E-state index contributed by atoms with van der Waals surface area (Å²) in [5.41, 5.74) is 4.77. The zero-order valence-electron chi connectivity index (χ0n) is 18.0. The molecule has 0 spiro atoms. The van der Waals surface area contributed by atoms with Crippen LogP contribution in [0.15, 0.2) is 66.0 Å². The second-order valence-electron chi connectivity index (χ2n) is 8.48. The summed E-state index contributed by atoms with van der Waals surface area (Å²) in [4.78, 5) is 31.2. The normalized spacial score (nSPS) is 18.8. The van der Waals surface area contributed by atoms with E-state index in [1.807, 2.05) is 23.1 Å². The number of thiophene rings is 1. The molecule has 5 nitrogen and oxygen atoms in total. The van der Waals surface area contributed by atoms with Crippen LogP contribution in [0.4, 0.5) is 0 Å². The minimum absolute atomic E-state index is 0.0428. The number of benzene rings is 2. The first kappa shape index (κ1) is 20.9. The van der Waals surface area contributed by atoms with Crippen LogP contribution in [0.1, 0.15) is 22.4 Å². The van der Waals surface area contributed by atoms with Crippen LogP contribution in [0.25, 0.3) is 11.1 Å². The van der Waals surface area contributed by atoms with Crippen LogP contribution in [0.3, 0.4) is 0 Å². The van der Waals surface area contributed by atoms with Gasteiger partial charge in [0.1, 0.15) is 0 Å². The van der Waals surface area contributed by atoms with Crippen molar-refractivity contribution in [2.24, 2.45) is 0 Å². The van der Waals surface area contributed by atoms with Gasteiger partial charge in [-0.3, -0.25) is 14.5 Å². The van der Waals surface area contributed by atoms with E-state index in [-0.39, 0.29) is 18.2 Å². The summed E-state index contributed by atoms with van der Waals surface area (Å²) in [5, 5.41) is 5.04. The maximum atomic E-state index is 13.1. The highest BCUT2D eigenvalue weighted by molar-refractivity contribution is 7.10. The minimum Gasteiger partial charge on any atom is -0.353 e. The summed E-state index contributed by atoms with van der Waals surface area (Å²) >= 11 is 1.77. The van der Waals surface area contributed by atoms with Gasteiger partial charge in [0.25, 0.3) is 0 Å². The second kappa shape index (κ2) is 9.27. The zero-order chi connectivity index (χ0) is 21.9. The van der Waals surface area contributed by atoms with Crippen LogP contribution in [0, 0.1) is 0 Å². The first-order valence-corrected chi connectivity index (χ1v) is 12.0. The van der Waals surface area contributed by atoms with E-state index in [0.717, 1.165) is 25.1 Å². The molecule has 2 aliphatic heterocycles. The molecule has 1 aromatic heterocycles. The summed E-state index contributed by atoms with van der Waals surface area (Å²) in [6.07, 6.45) is 1.14. The predicted molar refractivity (Wildman–Crippen MR) is 127 cm³/mol. The molecule has 1 N–H and O–H groups in total. The summed E-state index contributed by atoms with van der Waals surface area (Å²) in [7, 11) is 0. The Bertz CT molecular complexity index is 1090.